The second kappa shape index (κ2) is 7.91. The maximum atomic E-state index is 13.7. The molecular weight excluding hydrogens is 523 g/mol. The molecule has 6 rings (SSSR count). The van der Waals surface area contributed by atoms with Gasteiger partial charge in [-0.25, -0.2) is 0 Å². The Morgan fingerprint density at radius 1 is 1.03 bits per heavy atom. The Morgan fingerprint density at radius 2 is 1.78 bits per heavy atom. The van der Waals surface area contributed by atoms with E-state index in [1.165, 1.54) is 29.4 Å². The second-order valence-corrected chi connectivity index (χ2v) is 12.2. The maximum Gasteiger partial charge on any atom is 0.253 e. The van der Waals surface area contributed by atoms with Crippen LogP contribution >= 0.6 is 34.5 Å². The average molecular weight is 545 g/mol. The van der Waals surface area contributed by atoms with Crippen LogP contribution in [0, 0.1) is 17.8 Å². The van der Waals surface area contributed by atoms with Crippen LogP contribution in [-0.4, -0.2) is 55.3 Å². The summed E-state index contributed by atoms with van der Waals surface area (Å²) in [5.74, 6) is -4.78. The molecule has 36 heavy (non-hydrogen) atoms. The first kappa shape index (κ1) is 23.7. The van der Waals surface area contributed by atoms with Crippen molar-refractivity contribution >= 4 is 58.2 Å². The lowest BCUT2D eigenvalue weighted by Gasteiger charge is -2.50. The van der Waals surface area contributed by atoms with Gasteiger partial charge in [0, 0.05) is 23.4 Å². The molecule has 0 bridgehead atoms. The van der Waals surface area contributed by atoms with Crippen molar-refractivity contribution in [2.24, 2.45) is 17.8 Å². The smallest absolute Gasteiger partial charge is 0.253 e. The average Bonchev–Trinajstić information content (AvgIpc) is 3.49. The molecule has 10 heteroatoms. The summed E-state index contributed by atoms with van der Waals surface area (Å²) in [5.41, 5.74) is 1.02. The minimum Gasteiger partial charge on any atom is -0.508 e. The number of phenolic OH excluding ortho intramolecular Hbond substituents is 1. The molecule has 3 fully saturated rings. The summed E-state index contributed by atoms with van der Waals surface area (Å²) in [5, 5.41) is 12.7. The van der Waals surface area contributed by atoms with Crippen LogP contribution in [0.15, 0.2) is 53.4 Å². The first-order chi connectivity index (χ1) is 17.1. The number of imide groups is 2. The van der Waals surface area contributed by atoms with E-state index in [1.807, 2.05) is 23.6 Å². The topological polar surface area (TPSA) is 95.0 Å². The normalized spacial score (nSPS) is 35.6. The van der Waals surface area contributed by atoms with Crippen molar-refractivity contribution in [1.82, 2.24) is 9.80 Å². The van der Waals surface area contributed by atoms with Crippen molar-refractivity contribution < 1.29 is 24.3 Å². The van der Waals surface area contributed by atoms with E-state index in [0.717, 1.165) is 9.78 Å². The van der Waals surface area contributed by atoms with Gasteiger partial charge in [0.1, 0.15) is 5.75 Å². The first-order valence-corrected chi connectivity index (χ1v) is 13.3. The molecule has 0 spiro atoms. The molecule has 1 aromatic heterocycles. The van der Waals surface area contributed by atoms with Gasteiger partial charge in [-0.2, -0.15) is 0 Å². The van der Waals surface area contributed by atoms with Crippen molar-refractivity contribution in [3.8, 4) is 5.75 Å². The quantitative estimate of drug-likeness (QED) is 0.361. The lowest BCUT2D eigenvalue weighted by molar-refractivity contribution is -0.141. The van der Waals surface area contributed by atoms with Gasteiger partial charge in [-0.05, 0) is 36.3 Å². The lowest BCUT2D eigenvalue weighted by Crippen LogP contribution is -2.60. The number of rotatable bonds is 3. The number of hydrogen-bond acceptors (Lipinski definition) is 6. The third kappa shape index (κ3) is 2.86. The Balaban J connectivity index is 1.50. The molecule has 4 amide bonds. The summed E-state index contributed by atoms with van der Waals surface area (Å²) in [6, 6.07) is 10.2. The van der Waals surface area contributed by atoms with Gasteiger partial charge < -0.3 is 5.11 Å². The number of amides is 4. The predicted molar refractivity (Wildman–Crippen MR) is 133 cm³/mol. The molecule has 2 aliphatic carbocycles. The van der Waals surface area contributed by atoms with Crippen molar-refractivity contribution in [1.29, 1.82) is 0 Å². The fourth-order valence-corrected chi connectivity index (χ4v) is 8.30. The van der Waals surface area contributed by atoms with Crippen molar-refractivity contribution in [3.63, 3.8) is 0 Å². The van der Waals surface area contributed by atoms with Crippen molar-refractivity contribution in [3.05, 3.63) is 63.9 Å². The number of aromatic hydroxyl groups is 1. The SMILES string of the molecule is CN1C(=O)[C@]2(Cl)C[C@@H]3C(=CC[C@@H]4C(=O)N(Cc5cccs5)C(=O)[C@@H]43)[C@H](c3ccccc3O)[C@]2(Cl)C1=O. The summed E-state index contributed by atoms with van der Waals surface area (Å²) in [4.78, 5) is 53.3. The van der Waals surface area contributed by atoms with Crippen molar-refractivity contribution in [2.45, 2.75) is 35.1 Å². The Labute approximate surface area is 221 Å². The van der Waals surface area contributed by atoms with E-state index in [1.54, 1.807) is 18.2 Å². The Bertz CT molecular complexity index is 1360. The van der Waals surface area contributed by atoms with Gasteiger partial charge >= 0.3 is 0 Å². The molecule has 6 atom stereocenters. The highest BCUT2D eigenvalue weighted by molar-refractivity contribution is 7.09. The van der Waals surface area contributed by atoms with E-state index < -0.39 is 45.2 Å². The van der Waals surface area contributed by atoms with E-state index in [2.05, 4.69) is 0 Å². The van der Waals surface area contributed by atoms with Crippen molar-refractivity contribution in [2.75, 3.05) is 7.05 Å². The minimum absolute atomic E-state index is 0.0596. The second-order valence-electron chi connectivity index (χ2n) is 9.90. The predicted octanol–water partition coefficient (Wildman–Crippen LogP) is 3.64. The fourth-order valence-electron chi connectivity index (χ4n) is 6.60. The van der Waals surface area contributed by atoms with Gasteiger partial charge in [0.25, 0.3) is 11.8 Å². The number of hydrogen-bond donors (Lipinski definition) is 1. The zero-order valence-electron chi connectivity index (χ0n) is 19.2. The summed E-state index contributed by atoms with van der Waals surface area (Å²) in [7, 11) is 1.34. The molecule has 4 aliphatic rings. The third-order valence-electron chi connectivity index (χ3n) is 8.25. The summed E-state index contributed by atoms with van der Waals surface area (Å²) in [6.07, 6.45) is 2.10. The van der Waals surface area contributed by atoms with E-state index in [0.29, 0.717) is 17.6 Å². The molecule has 1 N–H and O–H groups in total. The minimum atomic E-state index is -1.89. The highest BCUT2D eigenvalue weighted by atomic mass is 35.5. The summed E-state index contributed by atoms with van der Waals surface area (Å²) in [6.45, 7) is 0.193. The first-order valence-electron chi connectivity index (χ1n) is 11.7. The van der Waals surface area contributed by atoms with Crippen LogP contribution in [0.3, 0.4) is 0 Å². The molecule has 1 aromatic carbocycles. The molecule has 186 valence electrons. The van der Waals surface area contributed by atoms with Crippen LogP contribution in [0.1, 0.15) is 29.2 Å². The van der Waals surface area contributed by atoms with E-state index in [9.17, 15) is 24.3 Å². The molecule has 2 aromatic rings. The molecule has 2 saturated heterocycles. The standard InChI is InChI=1S/C26H22Cl2N2O5S/c1-29-23(34)25(27)11-17-14(20(26(25,28)24(29)35)15-6-2-3-7-18(15)31)8-9-16-19(17)22(33)30(21(16)32)12-13-5-4-10-36-13/h2-8,10,16-17,19-20,31H,9,11-12H2,1H3/t16-,17+,19-,20+,25+,26-/m0/s1. The highest BCUT2D eigenvalue weighted by Gasteiger charge is 2.76. The van der Waals surface area contributed by atoms with Crippen LogP contribution in [0.2, 0.25) is 0 Å². The third-order valence-corrected chi connectivity index (χ3v) is 10.5. The number of benzene rings is 1. The number of likely N-dealkylation sites (tertiary alicyclic amines) is 2. The number of para-hydroxylation sites is 1. The number of carbonyl (C=O) groups excluding carboxylic acids is 4. The molecule has 2 aliphatic heterocycles. The maximum absolute atomic E-state index is 13.7. The zero-order valence-corrected chi connectivity index (χ0v) is 21.5. The summed E-state index contributed by atoms with van der Waals surface area (Å²) >= 11 is 15.6. The van der Waals surface area contributed by atoms with Gasteiger partial charge in [0.05, 0.1) is 18.4 Å². The van der Waals surface area contributed by atoms with Gasteiger partial charge in [0.2, 0.25) is 11.8 Å². The van der Waals surface area contributed by atoms with Crippen LogP contribution in [-0.2, 0) is 25.7 Å². The number of carbonyl (C=O) groups is 4. The number of phenols is 1. The van der Waals surface area contributed by atoms with E-state index in [-0.39, 0.29) is 30.5 Å². The van der Waals surface area contributed by atoms with Crippen LogP contribution in [0.25, 0.3) is 0 Å². The highest BCUT2D eigenvalue weighted by Crippen LogP contribution is 2.65. The zero-order chi connectivity index (χ0) is 25.6. The molecular formula is C26H22Cl2N2O5S. The van der Waals surface area contributed by atoms with Crippen LogP contribution in [0.5, 0.6) is 5.75 Å². The van der Waals surface area contributed by atoms with Crippen LogP contribution in [0.4, 0.5) is 0 Å². The molecule has 7 nitrogen and oxygen atoms in total. The van der Waals surface area contributed by atoms with Gasteiger partial charge in [-0.1, -0.05) is 35.9 Å². The number of allylic oxidation sites excluding steroid dienone is 2. The monoisotopic (exact) mass is 544 g/mol. The van der Waals surface area contributed by atoms with Gasteiger partial charge in [-0.15, -0.1) is 34.5 Å². The molecule has 0 radical (unpaired) electrons. The number of alkyl halides is 2. The molecule has 3 heterocycles. The van der Waals surface area contributed by atoms with Crippen LogP contribution < -0.4 is 0 Å². The van der Waals surface area contributed by atoms with E-state index >= 15 is 0 Å². The Hall–Kier alpha value is -2.68. The fraction of sp³-hybridized carbons (Fsp3) is 0.385. The Morgan fingerprint density at radius 3 is 2.47 bits per heavy atom. The summed E-state index contributed by atoms with van der Waals surface area (Å²) < 4.78 is 0. The molecule has 1 saturated carbocycles. The largest absolute Gasteiger partial charge is 0.508 e. The number of thiophene rings is 1. The Kier molecular flexibility index (Phi) is 5.21. The number of nitrogens with zero attached hydrogens (tertiary/aromatic N) is 2. The number of fused-ring (bicyclic) bond motifs is 4. The number of halogens is 2. The van der Waals surface area contributed by atoms with Gasteiger partial charge in [0.15, 0.2) is 9.75 Å². The molecule has 0 unspecified atom stereocenters. The van der Waals surface area contributed by atoms with Gasteiger partial charge in [-0.3, -0.25) is 29.0 Å². The lowest BCUT2D eigenvalue weighted by atomic mass is 9.56. The van der Waals surface area contributed by atoms with E-state index in [4.69, 9.17) is 23.2 Å².